The average Bonchev–Trinajstić information content (AvgIpc) is 1.55. The number of aliphatic hydroxyl groups is 1. The van der Waals surface area contributed by atoms with Crippen molar-refractivity contribution in [1.82, 2.24) is 0 Å². The average molecular weight is 2340 g/mol. The molecule has 0 saturated heterocycles. The molecule has 0 spiro atoms. The number of aliphatic carboxylic acids is 1. The Hall–Kier alpha value is -2.89. The van der Waals surface area contributed by atoms with E-state index in [1.54, 1.807) is 0 Å². The summed E-state index contributed by atoms with van der Waals surface area (Å²) >= 11 is 68.7. The highest BCUT2D eigenvalue weighted by molar-refractivity contribution is 14.1. The van der Waals surface area contributed by atoms with E-state index >= 15 is 0 Å². The summed E-state index contributed by atoms with van der Waals surface area (Å²) in [4.78, 5) is 29.7. The van der Waals surface area contributed by atoms with E-state index in [1.165, 1.54) is 208 Å². The standard InChI is InChI=1S/C25H16Br2.C25H16I2.C12H25Cl.C8H17Cl.C7H14Cl2.C7H15ClO.C6H9Cl.C5H7BrO.C4H6Cl2.C4H5ClO.C3H5ClO2/c2*26-19-13-9-17(10-14-19)25(18-11-15-20(27)16-12-18)23-7-3-1-5-21(23)22-6-2-4-8-24(22)25;1-2-3-4-5-6-7-8-9-10-11-12-13;1-3-5-6-8(4-2)7-9;2*8-6-4-2-1-3-5-7-9;1-2-3-4-5-6-7;1-2-5(7)3-4-6;5-3-1-2-4-6;1-2-4(6)3-5;4-2-1-3(5)6/h2*1-16H;2-12H2,1H3;8H,3-7H2,1-2H3;1-7H2;9H,1-7H2;1H,3-6H2;2H,1,3-4H2;1-2H,3-4H2;2H,1,3H2;1-2H2,(H,5,6)/b;;;;;;;;2-1-;;. The van der Waals surface area contributed by atoms with E-state index in [1.807, 2.05) is 12.2 Å². The van der Waals surface area contributed by atoms with Crippen molar-refractivity contribution >= 4 is 227 Å². The third-order valence-electron chi connectivity index (χ3n) is 20.1. The van der Waals surface area contributed by atoms with Crippen LogP contribution < -0.4 is 0 Å². The highest BCUT2D eigenvalue weighted by Gasteiger charge is 2.47. The Bertz CT molecular complexity index is 3730. The number of carboxylic acid groups (broad SMARTS) is 1. The second-order valence-corrected chi connectivity index (χ2v) is 37.9. The lowest BCUT2D eigenvalue weighted by Crippen LogP contribution is -2.28. The lowest BCUT2D eigenvalue weighted by Gasteiger charge is -2.34. The van der Waals surface area contributed by atoms with Crippen LogP contribution in [0.15, 0.2) is 241 Å². The largest absolute Gasteiger partial charge is 0.481 e. The van der Waals surface area contributed by atoms with E-state index < -0.39 is 5.97 Å². The molecule has 1 atom stereocenters. The number of aliphatic hydroxyl groups excluding tert-OH is 1. The number of allylic oxidation sites excluding steroid dienone is 4. The van der Waals surface area contributed by atoms with Crippen molar-refractivity contribution in [3.8, 4) is 34.6 Å². The zero-order valence-electron chi connectivity index (χ0n) is 74.1. The number of rotatable bonds is 43. The van der Waals surface area contributed by atoms with Crippen LogP contribution in [0.4, 0.5) is 0 Å². The van der Waals surface area contributed by atoms with E-state index in [0.29, 0.717) is 24.8 Å². The quantitative estimate of drug-likeness (QED) is 0.00992. The van der Waals surface area contributed by atoms with Crippen LogP contribution in [0.1, 0.15) is 251 Å². The van der Waals surface area contributed by atoms with Gasteiger partial charge in [-0.3, -0.25) is 14.4 Å². The number of halogens is 15. The zero-order valence-corrected chi connectivity index (χ0v) is 90.8. The maximum absolute atomic E-state index is 10.3. The fraction of sp³-hybridized carbons (Fsp3) is 0.443. The van der Waals surface area contributed by atoms with Gasteiger partial charge in [-0.25, -0.2) is 0 Å². The third-order valence-corrected chi connectivity index (χ3v) is 25.6. The van der Waals surface area contributed by atoms with Gasteiger partial charge in [0.05, 0.1) is 23.1 Å². The van der Waals surface area contributed by atoms with E-state index in [2.05, 4.69) is 327 Å². The second kappa shape index (κ2) is 82.8. The molecule has 0 aliphatic heterocycles. The van der Waals surface area contributed by atoms with Gasteiger partial charge in [0, 0.05) is 93.8 Å². The molecule has 8 aromatic carbocycles. The highest BCUT2D eigenvalue weighted by Crippen LogP contribution is 2.58. The predicted molar refractivity (Wildman–Crippen MR) is 587 cm³/mol. The van der Waals surface area contributed by atoms with Gasteiger partial charge in [-0.2, -0.15) is 0 Å². The molecule has 5 nitrogen and oxygen atoms in total. The Labute approximate surface area is 862 Å². The molecular formula is C106H135Br3Cl10I2O5. The van der Waals surface area contributed by atoms with E-state index in [-0.39, 0.29) is 40.6 Å². The van der Waals surface area contributed by atoms with Gasteiger partial charge >= 0.3 is 5.97 Å². The Morgan fingerprint density at radius 1 is 0.413 bits per heavy atom. The topological polar surface area (TPSA) is 91.7 Å². The number of hydrogen-bond donors (Lipinski definition) is 2. The van der Waals surface area contributed by atoms with Gasteiger partial charge in [0.25, 0.3) is 0 Å². The number of carbonyl (C=O) groups is 3. The van der Waals surface area contributed by atoms with Crippen LogP contribution in [0.2, 0.25) is 0 Å². The number of hydrogen-bond acceptors (Lipinski definition) is 4. The van der Waals surface area contributed by atoms with Crippen LogP contribution in [0.3, 0.4) is 0 Å². The summed E-state index contributed by atoms with van der Waals surface area (Å²) in [5, 5.41) is 17.0. The molecule has 2 aliphatic carbocycles. The zero-order chi connectivity index (χ0) is 93.7. The van der Waals surface area contributed by atoms with Gasteiger partial charge in [-0.05, 0) is 230 Å². The van der Waals surface area contributed by atoms with Crippen LogP contribution in [0.25, 0.3) is 22.3 Å². The van der Waals surface area contributed by atoms with Crippen molar-refractivity contribution in [2.75, 3.05) is 70.7 Å². The summed E-state index contributed by atoms with van der Waals surface area (Å²) in [6.07, 6.45) is 45.6. The van der Waals surface area contributed by atoms with Crippen molar-refractivity contribution in [2.24, 2.45) is 5.92 Å². The number of unbranched alkanes of at least 4 members (excludes halogenated alkanes) is 20. The summed E-state index contributed by atoms with van der Waals surface area (Å²) in [6.45, 7) is 13.5. The fourth-order valence-corrected chi connectivity index (χ4v) is 17.0. The number of carbonyl (C=O) groups excluding carboxylic acids is 2. The van der Waals surface area contributed by atoms with Crippen LogP contribution in [0.5, 0.6) is 0 Å². The molecule has 694 valence electrons. The lowest BCUT2D eigenvalue weighted by atomic mass is 9.68. The Kier molecular flexibility index (Phi) is 80.9. The highest BCUT2D eigenvalue weighted by atomic mass is 127. The normalized spacial score (nSPS) is 11.6. The molecule has 0 saturated carbocycles. The SMILES string of the molecule is Brc1ccc(C2(c3ccc(Br)cc3)c3ccccc3-c3ccccc32)cc1.C#CCCCCCl.C=CC(=O)CCBr.C=CC(=O)CCl.CCCCC(CC)CCl.CCCCCCCCCCCCCl.ClC/C=C\CCl.ClCCCCCCCCl.Ic1ccc(C2(c3ccc(I)cc3)c3ccccc3-c3ccccc32)cc1.O=C(O)CCCl.OCCCCCCCCl. The summed E-state index contributed by atoms with van der Waals surface area (Å²) in [5.41, 5.74) is 15.4. The molecular weight excluding hydrogens is 2200 g/mol. The van der Waals surface area contributed by atoms with Gasteiger partial charge in [0.1, 0.15) is 0 Å². The molecule has 0 bridgehead atoms. The van der Waals surface area contributed by atoms with Crippen molar-refractivity contribution < 1.29 is 24.6 Å². The van der Waals surface area contributed by atoms with Crippen LogP contribution >= 0.6 is 209 Å². The minimum Gasteiger partial charge on any atom is -0.481 e. The fourth-order valence-electron chi connectivity index (χ4n) is 13.5. The maximum atomic E-state index is 10.3. The minimum absolute atomic E-state index is 0.0451. The lowest BCUT2D eigenvalue weighted by molar-refractivity contribution is -0.136. The first-order valence-electron chi connectivity index (χ1n) is 44.0. The molecule has 0 radical (unpaired) electrons. The van der Waals surface area contributed by atoms with E-state index in [0.717, 1.165) is 107 Å². The smallest absolute Gasteiger partial charge is 0.304 e. The summed E-state index contributed by atoms with van der Waals surface area (Å²) in [7, 11) is 0. The molecule has 126 heavy (non-hydrogen) atoms. The van der Waals surface area contributed by atoms with Gasteiger partial charge < -0.3 is 10.2 Å². The molecule has 0 heterocycles. The molecule has 1 unspecified atom stereocenters. The molecule has 0 aromatic heterocycles. The van der Waals surface area contributed by atoms with E-state index in [4.69, 9.17) is 133 Å². The summed E-state index contributed by atoms with van der Waals surface area (Å²) in [6, 6.07) is 70.9. The van der Waals surface area contributed by atoms with Crippen molar-refractivity contribution in [2.45, 2.75) is 218 Å². The van der Waals surface area contributed by atoms with Crippen LogP contribution in [-0.4, -0.2) is 98.5 Å². The van der Waals surface area contributed by atoms with Crippen LogP contribution in [0, 0.1) is 25.4 Å². The molecule has 2 aliphatic rings. The second-order valence-electron chi connectivity index (χ2n) is 29.4. The van der Waals surface area contributed by atoms with Gasteiger partial charge in [0.2, 0.25) is 0 Å². The number of alkyl halides is 11. The molecule has 0 fully saturated rings. The van der Waals surface area contributed by atoms with Gasteiger partial charge in [-0.1, -0.05) is 355 Å². The molecule has 2 N–H and O–H groups in total. The van der Waals surface area contributed by atoms with Crippen molar-refractivity contribution in [1.29, 1.82) is 0 Å². The molecule has 8 aromatic rings. The van der Waals surface area contributed by atoms with Gasteiger partial charge in [0.15, 0.2) is 11.6 Å². The molecule has 10 rings (SSSR count). The van der Waals surface area contributed by atoms with Crippen molar-refractivity contribution in [3.05, 3.63) is 292 Å². The Morgan fingerprint density at radius 3 is 0.944 bits per heavy atom. The first-order valence-corrected chi connectivity index (χ1v) is 54.2. The first kappa shape index (κ1) is 123. The first-order chi connectivity index (χ1) is 61.2. The Balaban J connectivity index is 0.00000145. The molecule has 0 amide bonds. The summed E-state index contributed by atoms with van der Waals surface area (Å²) in [5.74, 6) is 8.63. The summed E-state index contributed by atoms with van der Waals surface area (Å²) < 4.78 is 4.70. The number of carboxylic acids is 1. The molecule has 20 heteroatoms. The number of terminal acetylenes is 1. The monoisotopic (exact) mass is 2330 g/mol. The predicted octanol–water partition coefficient (Wildman–Crippen LogP) is 36.3. The van der Waals surface area contributed by atoms with Gasteiger partial charge in [-0.15, -0.1) is 128 Å². The number of benzene rings is 8. The van der Waals surface area contributed by atoms with Crippen molar-refractivity contribution in [3.63, 3.8) is 0 Å². The van der Waals surface area contributed by atoms with Crippen LogP contribution in [-0.2, 0) is 25.2 Å². The minimum atomic E-state index is -0.843. The van der Waals surface area contributed by atoms with E-state index in [9.17, 15) is 14.4 Å². The maximum Gasteiger partial charge on any atom is 0.304 e. The third kappa shape index (κ3) is 50.4. The Morgan fingerprint density at radius 2 is 0.714 bits per heavy atom. The number of ketones is 2. The number of fused-ring (bicyclic) bond motifs is 6.